The third kappa shape index (κ3) is 6.08. The zero-order valence-electron chi connectivity index (χ0n) is 13.0. The lowest BCUT2D eigenvalue weighted by atomic mass is 9.95. The lowest BCUT2D eigenvalue weighted by Gasteiger charge is -2.20. The van der Waals surface area contributed by atoms with Gasteiger partial charge in [-0.25, -0.2) is 0 Å². The molecule has 0 amide bonds. The molecular formula is C18H27N3. The SMILES string of the molecule is CCNCC.N[C@H](c1ccccc1)[C@H](N)c1ccccc1. The summed E-state index contributed by atoms with van der Waals surface area (Å²) in [4.78, 5) is 0. The lowest BCUT2D eigenvalue weighted by molar-refractivity contribution is 0.574. The maximum atomic E-state index is 6.15. The van der Waals surface area contributed by atoms with Crippen molar-refractivity contribution in [3.05, 3.63) is 71.8 Å². The van der Waals surface area contributed by atoms with Crippen molar-refractivity contribution in [2.75, 3.05) is 13.1 Å². The van der Waals surface area contributed by atoms with Crippen LogP contribution in [0.15, 0.2) is 60.7 Å². The molecule has 0 bridgehead atoms. The van der Waals surface area contributed by atoms with Gasteiger partial charge in [0.2, 0.25) is 0 Å². The van der Waals surface area contributed by atoms with Gasteiger partial charge in [0.05, 0.1) is 0 Å². The monoisotopic (exact) mass is 285 g/mol. The minimum atomic E-state index is -0.163. The van der Waals surface area contributed by atoms with E-state index in [-0.39, 0.29) is 12.1 Å². The Labute approximate surface area is 128 Å². The number of hydrogen-bond donors (Lipinski definition) is 3. The molecule has 2 atom stereocenters. The molecule has 0 spiro atoms. The molecule has 114 valence electrons. The van der Waals surface area contributed by atoms with Crippen LogP contribution < -0.4 is 16.8 Å². The van der Waals surface area contributed by atoms with E-state index in [0.29, 0.717) is 0 Å². The van der Waals surface area contributed by atoms with E-state index < -0.39 is 0 Å². The number of benzene rings is 2. The van der Waals surface area contributed by atoms with Gasteiger partial charge in [-0.1, -0.05) is 74.5 Å². The third-order valence-corrected chi connectivity index (χ3v) is 3.26. The summed E-state index contributed by atoms with van der Waals surface area (Å²) in [5.41, 5.74) is 14.4. The highest BCUT2D eigenvalue weighted by atomic mass is 14.8. The quantitative estimate of drug-likeness (QED) is 0.791. The van der Waals surface area contributed by atoms with Crippen LogP contribution in [0.25, 0.3) is 0 Å². The van der Waals surface area contributed by atoms with Crippen LogP contribution in [0, 0.1) is 0 Å². The zero-order chi connectivity index (χ0) is 15.5. The first-order chi connectivity index (χ1) is 10.2. The van der Waals surface area contributed by atoms with E-state index in [1.165, 1.54) is 0 Å². The molecular weight excluding hydrogens is 258 g/mol. The summed E-state index contributed by atoms with van der Waals surface area (Å²) < 4.78 is 0. The summed E-state index contributed by atoms with van der Waals surface area (Å²) in [6.45, 7) is 6.39. The molecule has 3 heteroatoms. The molecule has 3 nitrogen and oxygen atoms in total. The van der Waals surface area contributed by atoms with Crippen molar-refractivity contribution in [1.82, 2.24) is 5.32 Å². The van der Waals surface area contributed by atoms with E-state index >= 15 is 0 Å². The highest BCUT2D eigenvalue weighted by Gasteiger charge is 2.16. The predicted octanol–water partition coefficient (Wildman–Crippen LogP) is 3.00. The second-order valence-corrected chi connectivity index (χ2v) is 4.83. The average molecular weight is 285 g/mol. The minimum absolute atomic E-state index is 0.163. The van der Waals surface area contributed by atoms with Gasteiger partial charge in [0.1, 0.15) is 0 Å². The Bertz CT molecular complexity index is 425. The van der Waals surface area contributed by atoms with Gasteiger partial charge in [0.25, 0.3) is 0 Å². The molecule has 21 heavy (non-hydrogen) atoms. The van der Waals surface area contributed by atoms with E-state index in [0.717, 1.165) is 24.2 Å². The topological polar surface area (TPSA) is 64.1 Å². The fourth-order valence-electron chi connectivity index (χ4n) is 2.02. The molecule has 2 rings (SSSR count). The Hall–Kier alpha value is -1.68. The molecule has 0 fully saturated rings. The molecule has 5 N–H and O–H groups in total. The Balaban J connectivity index is 0.000000383. The maximum Gasteiger partial charge on any atom is 0.0491 e. The minimum Gasteiger partial charge on any atom is -0.322 e. The Morgan fingerprint density at radius 3 is 1.29 bits per heavy atom. The predicted molar refractivity (Wildman–Crippen MR) is 91.0 cm³/mol. The Morgan fingerprint density at radius 1 is 0.714 bits per heavy atom. The largest absolute Gasteiger partial charge is 0.322 e. The van der Waals surface area contributed by atoms with Crippen LogP contribution in [-0.4, -0.2) is 13.1 Å². The van der Waals surface area contributed by atoms with Gasteiger partial charge in [0, 0.05) is 12.1 Å². The van der Waals surface area contributed by atoms with Gasteiger partial charge in [-0.2, -0.15) is 0 Å². The van der Waals surface area contributed by atoms with Gasteiger partial charge >= 0.3 is 0 Å². The molecule has 0 aromatic heterocycles. The molecule has 0 heterocycles. The van der Waals surface area contributed by atoms with Crippen molar-refractivity contribution < 1.29 is 0 Å². The Morgan fingerprint density at radius 2 is 1.05 bits per heavy atom. The van der Waals surface area contributed by atoms with Crippen molar-refractivity contribution in [1.29, 1.82) is 0 Å². The van der Waals surface area contributed by atoms with Crippen molar-refractivity contribution >= 4 is 0 Å². The van der Waals surface area contributed by atoms with Crippen LogP contribution >= 0.6 is 0 Å². The van der Waals surface area contributed by atoms with Crippen molar-refractivity contribution in [3.63, 3.8) is 0 Å². The molecule has 2 aromatic carbocycles. The van der Waals surface area contributed by atoms with Crippen molar-refractivity contribution in [3.8, 4) is 0 Å². The molecule has 0 aliphatic carbocycles. The van der Waals surface area contributed by atoms with Crippen molar-refractivity contribution in [2.24, 2.45) is 11.5 Å². The second kappa shape index (κ2) is 10.1. The molecule has 0 saturated heterocycles. The number of nitrogens with one attached hydrogen (secondary N) is 1. The van der Waals surface area contributed by atoms with Gasteiger partial charge in [0.15, 0.2) is 0 Å². The number of rotatable bonds is 5. The van der Waals surface area contributed by atoms with Gasteiger partial charge in [-0.05, 0) is 24.2 Å². The van der Waals surface area contributed by atoms with Gasteiger partial charge in [-0.3, -0.25) is 0 Å². The first-order valence-corrected chi connectivity index (χ1v) is 7.52. The first kappa shape index (κ1) is 17.4. The van der Waals surface area contributed by atoms with Crippen LogP contribution in [0.2, 0.25) is 0 Å². The molecule has 2 aromatic rings. The summed E-state index contributed by atoms with van der Waals surface area (Å²) in [5.74, 6) is 0. The Kier molecular flexibility index (Phi) is 8.36. The van der Waals surface area contributed by atoms with E-state index in [1.807, 2.05) is 60.7 Å². The van der Waals surface area contributed by atoms with Gasteiger partial charge in [-0.15, -0.1) is 0 Å². The fraction of sp³-hybridized carbons (Fsp3) is 0.333. The van der Waals surface area contributed by atoms with Crippen LogP contribution in [-0.2, 0) is 0 Å². The summed E-state index contributed by atoms with van der Waals surface area (Å²) in [7, 11) is 0. The smallest absolute Gasteiger partial charge is 0.0491 e. The summed E-state index contributed by atoms with van der Waals surface area (Å²) >= 11 is 0. The summed E-state index contributed by atoms with van der Waals surface area (Å²) in [6, 6.07) is 19.6. The fourth-order valence-corrected chi connectivity index (χ4v) is 2.02. The average Bonchev–Trinajstić information content (AvgIpc) is 2.56. The molecule has 0 saturated carbocycles. The van der Waals surface area contributed by atoms with E-state index in [1.54, 1.807) is 0 Å². The molecule has 0 aliphatic heterocycles. The highest BCUT2D eigenvalue weighted by molar-refractivity contribution is 5.26. The van der Waals surface area contributed by atoms with E-state index in [2.05, 4.69) is 19.2 Å². The van der Waals surface area contributed by atoms with Crippen molar-refractivity contribution in [2.45, 2.75) is 25.9 Å². The third-order valence-electron chi connectivity index (χ3n) is 3.26. The van der Waals surface area contributed by atoms with Crippen LogP contribution in [0.3, 0.4) is 0 Å². The molecule has 0 unspecified atom stereocenters. The van der Waals surface area contributed by atoms with Crippen LogP contribution in [0.4, 0.5) is 0 Å². The second-order valence-electron chi connectivity index (χ2n) is 4.83. The van der Waals surface area contributed by atoms with E-state index in [4.69, 9.17) is 11.5 Å². The summed E-state index contributed by atoms with van der Waals surface area (Å²) in [5, 5.41) is 3.11. The maximum absolute atomic E-state index is 6.15. The highest BCUT2D eigenvalue weighted by Crippen LogP contribution is 2.23. The summed E-state index contributed by atoms with van der Waals surface area (Å²) in [6.07, 6.45) is 0. The first-order valence-electron chi connectivity index (χ1n) is 7.52. The molecule has 0 aliphatic rings. The van der Waals surface area contributed by atoms with E-state index in [9.17, 15) is 0 Å². The number of nitrogens with two attached hydrogens (primary N) is 2. The number of hydrogen-bond acceptors (Lipinski definition) is 3. The lowest BCUT2D eigenvalue weighted by Crippen LogP contribution is -2.26. The standard InChI is InChI=1S/C14H16N2.C4H11N/c15-13(11-7-3-1-4-8-11)14(16)12-9-5-2-6-10-12;1-3-5-4-2/h1-10,13-14H,15-16H2;5H,3-4H2,1-2H3/t13-,14-;/m1./s1. The van der Waals surface area contributed by atoms with Gasteiger partial charge < -0.3 is 16.8 Å². The van der Waals surface area contributed by atoms with Crippen LogP contribution in [0.1, 0.15) is 37.1 Å². The normalized spacial score (nSPS) is 13.0. The zero-order valence-corrected chi connectivity index (χ0v) is 13.0. The molecule has 0 radical (unpaired) electrons. The van der Waals surface area contributed by atoms with Crippen LogP contribution in [0.5, 0.6) is 0 Å².